The Morgan fingerprint density at radius 1 is 1.33 bits per heavy atom. The Morgan fingerprint density at radius 2 is 2.00 bits per heavy atom. The van der Waals surface area contributed by atoms with Crippen molar-refractivity contribution in [1.29, 1.82) is 0 Å². The molecule has 0 fully saturated rings. The van der Waals surface area contributed by atoms with Gasteiger partial charge >= 0.3 is 6.09 Å². The van der Waals surface area contributed by atoms with E-state index < -0.39 is 5.60 Å². The number of ether oxygens (including phenoxy) is 2. The monoisotopic (exact) mass is 293 g/mol. The summed E-state index contributed by atoms with van der Waals surface area (Å²) in [4.78, 5) is 23.9. The van der Waals surface area contributed by atoms with E-state index in [1.807, 2.05) is 27.7 Å². The Balaban J connectivity index is 2.46. The third kappa shape index (κ3) is 5.85. The van der Waals surface area contributed by atoms with E-state index >= 15 is 0 Å². The highest BCUT2D eigenvalue weighted by molar-refractivity contribution is 5.75. The maximum atomic E-state index is 11.8. The minimum absolute atomic E-state index is 0.358. The fourth-order valence-electron chi connectivity index (χ4n) is 1.63. The van der Waals surface area contributed by atoms with Crippen LogP contribution in [-0.4, -0.2) is 43.1 Å². The van der Waals surface area contributed by atoms with E-state index in [0.29, 0.717) is 24.5 Å². The highest BCUT2D eigenvalue weighted by Crippen LogP contribution is 2.18. The number of rotatable bonds is 5. The lowest BCUT2D eigenvalue weighted by Gasteiger charge is -2.24. The zero-order valence-electron chi connectivity index (χ0n) is 13.3. The second-order valence-corrected chi connectivity index (χ2v) is 5.89. The van der Waals surface area contributed by atoms with E-state index in [1.165, 1.54) is 4.90 Å². The van der Waals surface area contributed by atoms with Crippen LogP contribution in [0.1, 0.15) is 36.7 Å². The first kappa shape index (κ1) is 17.0. The van der Waals surface area contributed by atoms with Gasteiger partial charge in [0, 0.05) is 12.6 Å². The molecule has 0 aromatic heterocycles. The number of aldehydes is 1. The molecule has 0 aliphatic carbocycles. The van der Waals surface area contributed by atoms with E-state index in [-0.39, 0.29) is 6.09 Å². The molecule has 5 nitrogen and oxygen atoms in total. The van der Waals surface area contributed by atoms with Gasteiger partial charge in [0.2, 0.25) is 0 Å². The molecule has 116 valence electrons. The molecule has 0 saturated carbocycles. The molecule has 1 amide bonds. The molecule has 21 heavy (non-hydrogen) atoms. The van der Waals surface area contributed by atoms with E-state index in [4.69, 9.17) is 9.47 Å². The molecule has 1 aromatic rings. The summed E-state index contributed by atoms with van der Waals surface area (Å²) in [5.74, 6) is 0.707. The predicted molar refractivity (Wildman–Crippen MR) is 80.9 cm³/mol. The molecule has 1 rings (SSSR count). The van der Waals surface area contributed by atoms with Crippen LogP contribution in [0.15, 0.2) is 18.2 Å². The Bertz CT molecular complexity index is 505. The Labute approximate surface area is 125 Å². The van der Waals surface area contributed by atoms with Crippen LogP contribution in [0, 0.1) is 6.92 Å². The van der Waals surface area contributed by atoms with E-state index in [2.05, 4.69) is 0 Å². The predicted octanol–water partition coefficient (Wildman–Crippen LogP) is 3.05. The van der Waals surface area contributed by atoms with Crippen molar-refractivity contribution in [2.45, 2.75) is 33.3 Å². The average molecular weight is 293 g/mol. The second kappa shape index (κ2) is 7.11. The van der Waals surface area contributed by atoms with Crippen molar-refractivity contribution in [2.75, 3.05) is 20.2 Å². The van der Waals surface area contributed by atoms with Crippen LogP contribution in [0.25, 0.3) is 0 Å². The van der Waals surface area contributed by atoms with Crippen molar-refractivity contribution in [3.05, 3.63) is 29.3 Å². The molecule has 0 N–H and O–H groups in total. The maximum absolute atomic E-state index is 11.8. The van der Waals surface area contributed by atoms with Gasteiger partial charge < -0.3 is 14.4 Å². The fraction of sp³-hybridized carbons (Fsp3) is 0.500. The number of nitrogens with zero attached hydrogens (tertiary/aromatic N) is 1. The number of hydrogen-bond donors (Lipinski definition) is 0. The van der Waals surface area contributed by atoms with Crippen LogP contribution in [0.2, 0.25) is 0 Å². The molecule has 0 saturated heterocycles. The third-order valence-electron chi connectivity index (χ3n) is 2.72. The minimum atomic E-state index is -0.506. The molecule has 0 aliphatic heterocycles. The van der Waals surface area contributed by atoms with Crippen molar-refractivity contribution in [3.63, 3.8) is 0 Å². The number of carbonyl (C=O) groups excluding carboxylic acids is 2. The lowest BCUT2D eigenvalue weighted by atomic mass is 10.1. The van der Waals surface area contributed by atoms with Gasteiger partial charge in [-0.05, 0) is 51.5 Å². The maximum Gasteiger partial charge on any atom is 0.410 e. The number of carbonyl (C=O) groups is 2. The van der Waals surface area contributed by atoms with E-state index in [1.54, 1.807) is 25.2 Å². The van der Waals surface area contributed by atoms with Gasteiger partial charge in [0.1, 0.15) is 24.2 Å². The van der Waals surface area contributed by atoms with Crippen LogP contribution in [0.4, 0.5) is 4.79 Å². The molecular formula is C16H23NO4. The Hall–Kier alpha value is -2.04. The lowest BCUT2D eigenvalue weighted by molar-refractivity contribution is 0.0278. The van der Waals surface area contributed by atoms with Gasteiger partial charge in [0.15, 0.2) is 0 Å². The molecule has 0 bridgehead atoms. The first-order valence-electron chi connectivity index (χ1n) is 6.85. The van der Waals surface area contributed by atoms with E-state index in [0.717, 1.165) is 11.8 Å². The second-order valence-electron chi connectivity index (χ2n) is 5.89. The summed E-state index contributed by atoms with van der Waals surface area (Å²) >= 11 is 0. The van der Waals surface area contributed by atoms with Crippen LogP contribution in [0.3, 0.4) is 0 Å². The van der Waals surface area contributed by atoms with Crippen LogP contribution in [-0.2, 0) is 4.74 Å². The number of likely N-dealkylation sites (N-methyl/N-ethyl adjacent to an activating group) is 1. The average Bonchev–Trinajstić information content (AvgIpc) is 2.38. The van der Waals surface area contributed by atoms with Gasteiger partial charge in [-0.25, -0.2) is 4.79 Å². The van der Waals surface area contributed by atoms with Crippen molar-refractivity contribution >= 4 is 12.4 Å². The molecule has 0 radical (unpaired) electrons. The molecule has 5 heteroatoms. The van der Waals surface area contributed by atoms with Crippen molar-refractivity contribution in [2.24, 2.45) is 0 Å². The summed E-state index contributed by atoms with van der Waals surface area (Å²) in [6, 6.07) is 5.22. The summed E-state index contributed by atoms with van der Waals surface area (Å²) in [7, 11) is 1.67. The zero-order chi connectivity index (χ0) is 16.0. The van der Waals surface area contributed by atoms with Crippen molar-refractivity contribution in [1.82, 2.24) is 4.90 Å². The molecule has 0 heterocycles. The molecule has 1 aromatic carbocycles. The normalized spacial score (nSPS) is 10.9. The largest absolute Gasteiger partial charge is 0.491 e. The van der Waals surface area contributed by atoms with Gasteiger partial charge in [0.05, 0.1) is 6.54 Å². The standard InChI is InChI=1S/C16H23NO4/c1-12-10-13(11-18)6-7-14(12)20-9-8-17(5)15(19)21-16(2,3)4/h6-7,10-11H,8-9H2,1-5H3. The van der Waals surface area contributed by atoms with Gasteiger partial charge in [0.25, 0.3) is 0 Å². The topological polar surface area (TPSA) is 55.8 Å². The fourth-order valence-corrected chi connectivity index (χ4v) is 1.63. The van der Waals surface area contributed by atoms with Crippen LogP contribution < -0.4 is 4.74 Å². The van der Waals surface area contributed by atoms with E-state index in [9.17, 15) is 9.59 Å². The van der Waals surface area contributed by atoms with Gasteiger partial charge in [-0.3, -0.25) is 4.79 Å². The molecule has 0 aliphatic rings. The Morgan fingerprint density at radius 3 is 2.52 bits per heavy atom. The molecule has 0 atom stereocenters. The highest BCUT2D eigenvalue weighted by Gasteiger charge is 2.19. The molecular weight excluding hydrogens is 270 g/mol. The van der Waals surface area contributed by atoms with Crippen molar-refractivity contribution in [3.8, 4) is 5.75 Å². The van der Waals surface area contributed by atoms with Gasteiger partial charge in [-0.15, -0.1) is 0 Å². The first-order chi connectivity index (χ1) is 9.73. The number of amides is 1. The highest BCUT2D eigenvalue weighted by atomic mass is 16.6. The zero-order valence-corrected chi connectivity index (χ0v) is 13.3. The number of benzene rings is 1. The summed E-state index contributed by atoms with van der Waals surface area (Å²) in [5.41, 5.74) is 0.998. The number of aryl methyl sites for hydroxylation is 1. The van der Waals surface area contributed by atoms with Crippen LogP contribution >= 0.6 is 0 Å². The first-order valence-corrected chi connectivity index (χ1v) is 6.85. The van der Waals surface area contributed by atoms with Gasteiger partial charge in [-0.1, -0.05) is 0 Å². The lowest BCUT2D eigenvalue weighted by Crippen LogP contribution is -2.36. The van der Waals surface area contributed by atoms with Gasteiger partial charge in [-0.2, -0.15) is 0 Å². The molecule has 0 unspecified atom stereocenters. The smallest absolute Gasteiger partial charge is 0.410 e. The quantitative estimate of drug-likeness (QED) is 0.783. The summed E-state index contributed by atoms with van der Waals surface area (Å²) in [6.07, 6.45) is 0.423. The summed E-state index contributed by atoms with van der Waals surface area (Å²) in [6.45, 7) is 8.13. The minimum Gasteiger partial charge on any atom is -0.491 e. The summed E-state index contributed by atoms with van der Waals surface area (Å²) in [5, 5.41) is 0. The third-order valence-corrected chi connectivity index (χ3v) is 2.72. The van der Waals surface area contributed by atoms with Crippen molar-refractivity contribution < 1.29 is 19.1 Å². The van der Waals surface area contributed by atoms with Crippen LogP contribution in [0.5, 0.6) is 5.75 Å². The SMILES string of the molecule is Cc1cc(C=O)ccc1OCCN(C)C(=O)OC(C)(C)C. The molecule has 0 spiro atoms. The summed E-state index contributed by atoms with van der Waals surface area (Å²) < 4.78 is 10.9. The Kier molecular flexibility index (Phi) is 5.76. The number of hydrogen-bond acceptors (Lipinski definition) is 4.